The van der Waals surface area contributed by atoms with E-state index in [1.807, 2.05) is 70.0 Å². The van der Waals surface area contributed by atoms with Crippen molar-refractivity contribution in [2.75, 3.05) is 6.54 Å². The molecule has 0 bridgehead atoms. The molecule has 37 heavy (non-hydrogen) atoms. The lowest BCUT2D eigenvalue weighted by molar-refractivity contribution is -0.000256. The van der Waals surface area contributed by atoms with Gasteiger partial charge in [0, 0.05) is 23.0 Å². The van der Waals surface area contributed by atoms with E-state index in [1.165, 1.54) is 0 Å². The van der Waals surface area contributed by atoms with Gasteiger partial charge in [-0.2, -0.15) is 10.2 Å². The van der Waals surface area contributed by atoms with Crippen molar-refractivity contribution in [3.05, 3.63) is 58.3 Å². The van der Waals surface area contributed by atoms with Crippen LogP contribution in [-0.2, 0) is 4.74 Å². The Balaban J connectivity index is 1.28. The average Bonchev–Trinajstić information content (AvgIpc) is 3.47. The van der Waals surface area contributed by atoms with E-state index >= 15 is 0 Å². The molecule has 9 nitrogen and oxygen atoms in total. The van der Waals surface area contributed by atoms with Gasteiger partial charge in [-0.05, 0) is 84.1 Å². The molecule has 1 unspecified atom stereocenters. The molecule has 1 atom stereocenters. The number of aromatic nitrogens is 5. The van der Waals surface area contributed by atoms with Crippen molar-refractivity contribution in [3.8, 4) is 11.3 Å². The molecule has 6 rings (SSSR count). The van der Waals surface area contributed by atoms with Crippen molar-refractivity contribution >= 4 is 22.5 Å². The van der Waals surface area contributed by atoms with Gasteiger partial charge in [0.05, 0.1) is 35.2 Å². The lowest BCUT2D eigenvalue weighted by Crippen LogP contribution is -2.51. The Kier molecular flexibility index (Phi) is 5.19. The van der Waals surface area contributed by atoms with Crippen molar-refractivity contribution in [2.45, 2.75) is 77.5 Å². The first-order valence-electron chi connectivity index (χ1n) is 12.9. The van der Waals surface area contributed by atoms with Gasteiger partial charge in [-0.25, -0.2) is 19.0 Å². The second kappa shape index (κ2) is 8.13. The molecule has 1 amide bonds. The van der Waals surface area contributed by atoms with Gasteiger partial charge in [0.25, 0.3) is 5.56 Å². The fourth-order valence-electron chi connectivity index (χ4n) is 5.57. The lowest BCUT2D eigenvalue weighted by Gasteiger charge is -2.40. The van der Waals surface area contributed by atoms with Crippen LogP contribution in [0.4, 0.5) is 4.79 Å². The van der Waals surface area contributed by atoms with E-state index in [-0.39, 0.29) is 23.2 Å². The largest absolute Gasteiger partial charge is 0.444 e. The van der Waals surface area contributed by atoms with Gasteiger partial charge in [-0.1, -0.05) is 6.07 Å². The Morgan fingerprint density at radius 3 is 2.68 bits per heavy atom. The van der Waals surface area contributed by atoms with Crippen LogP contribution in [0.1, 0.15) is 63.8 Å². The fraction of sp³-hybridized carbons (Fsp3) is 0.464. The van der Waals surface area contributed by atoms with Crippen molar-refractivity contribution < 1.29 is 9.53 Å². The fourth-order valence-corrected chi connectivity index (χ4v) is 5.57. The Morgan fingerprint density at radius 2 is 1.95 bits per heavy atom. The number of benzene rings is 1. The van der Waals surface area contributed by atoms with Gasteiger partial charge in [0.1, 0.15) is 5.60 Å². The maximum absolute atomic E-state index is 13.5. The minimum atomic E-state index is -0.530. The van der Waals surface area contributed by atoms with Crippen LogP contribution in [0.5, 0.6) is 0 Å². The average molecular weight is 501 g/mol. The van der Waals surface area contributed by atoms with Gasteiger partial charge in [0.2, 0.25) is 0 Å². The SMILES string of the molecule is Cc1cn2nc(-c3ccc4c(=O)n(C5CCN(C(=O)OC(C)(C)C)C6(CC6)C5)ncc4c3)cc(C)c2n1. The third-order valence-electron chi connectivity index (χ3n) is 7.50. The van der Waals surface area contributed by atoms with E-state index in [0.29, 0.717) is 18.4 Å². The summed E-state index contributed by atoms with van der Waals surface area (Å²) in [4.78, 5) is 32.7. The molecule has 1 aromatic carbocycles. The summed E-state index contributed by atoms with van der Waals surface area (Å²) in [5.74, 6) is 0. The Morgan fingerprint density at radius 1 is 1.16 bits per heavy atom. The smallest absolute Gasteiger partial charge is 0.410 e. The molecule has 9 heteroatoms. The van der Waals surface area contributed by atoms with E-state index < -0.39 is 5.60 Å². The summed E-state index contributed by atoms with van der Waals surface area (Å²) in [7, 11) is 0. The number of piperidine rings is 1. The highest BCUT2D eigenvalue weighted by atomic mass is 16.6. The van der Waals surface area contributed by atoms with Crippen molar-refractivity contribution in [3.63, 3.8) is 0 Å². The summed E-state index contributed by atoms with van der Waals surface area (Å²) >= 11 is 0. The second-order valence-corrected chi connectivity index (χ2v) is 11.6. The number of carbonyl (C=O) groups excluding carboxylic acids is 1. The predicted molar refractivity (Wildman–Crippen MR) is 141 cm³/mol. The summed E-state index contributed by atoms with van der Waals surface area (Å²) in [6.45, 7) is 10.2. The Labute approximate surface area is 215 Å². The molecule has 1 aliphatic carbocycles. The monoisotopic (exact) mass is 500 g/mol. The summed E-state index contributed by atoms with van der Waals surface area (Å²) < 4.78 is 9.07. The number of nitrogens with zero attached hydrogens (tertiary/aromatic N) is 6. The van der Waals surface area contributed by atoms with Crippen LogP contribution < -0.4 is 5.56 Å². The summed E-state index contributed by atoms with van der Waals surface area (Å²) in [5, 5.41) is 10.7. The third kappa shape index (κ3) is 4.16. The number of fused-ring (bicyclic) bond motifs is 2. The lowest BCUT2D eigenvalue weighted by atomic mass is 9.95. The van der Waals surface area contributed by atoms with Crippen LogP contribution in [0.25, 0.3) is 27.7 Å². The van der Waals surface area contributed by atoms with E-state index in [2.05, 4.69) is 10.1 Å². The number of rotatable bonds is 2. The molecular formula is C28H32N6O3. The van der Waals surface area contributed by atoms with Gasteiger partial charge < -0.3 is 9.64 Å². The third-order valence-corrected chi connectivity index (χ3v) is 7.50. The summed E-state index contributed by atoms with van der Waals surface area (Å²) in [6, 6.07) is 7.76. The highest BCUT2D eigenvalue weighted by Crippen LogP contribution is 2.51. The molecule has 0 radical (unpaired) electrons. The zero-order chi connectivity index (χ0) is 26.1. The maximum atomic E-state index is 13.5. The zero-order valence-electron chi connectivity index (χ0n) is 22.0. The van der Waals surface area contributed by atoms with Crippen LogP contribution in [-0.4, -0.2) is 53.1 Å². The van der Waals surface area contributed by atoms with Gasteiger partial charge in [0.15, 0.2) is 5.65 Å². The Bertz CT molecular complexity index is 1610. The number of hydrogen-bond donors (Lipinski definition) is 0. The standard InChI is InChI=1S/C28H32N6O3/c1-17-12-23(31-33-16-18(2)30-24(17)33)19-6-7-22-20(13-19)15-29-34(25(22)35)21-8-11-32(28(14-21)9-10-28)26(36)37-27(3,4)5/h6-7,12-13,15-16,21H,8-11,14H2,1-5H3. The molecule has 4 heterocycles. The number of amides is 1. The Hall–Kier alpha value is -3.75. The van der Waals surface area contributed by atoms with E-state index in [9.17, 15) is 9.59 Å². The number of carbonyl (C=O) groups is 1. The summed E-state index contributed by atoms with van der Waals surface area (Å²) in [5.41, 5.74) is 3.69. The van der Waals surface area contributed by atoms with Gasteiger partial charge in [-0.3, -0.25) is 4.79 Å². The zero-order valence-corrected chi connectivity index (χ0v) is 22.0. The van der Waals surface area contributed by atoms with E-state index in [4.69, 9.17) is 9.84 Å². The van der Waals surface area contributed by atoms with Crippen molar-refractivity contribution in [2.24, 2.45) is 0 Å². The molecule has 1 spiro atoms. The van der Waals surface area contributed by atoms with E-state index in [1.54, 1.807) is 15.4 Å². The van der Waals surface area contributed by atoms with Crippen LogP contribution in [0.2, 0.25) is 0 Å². The van der Waals surface area contributed by atoms with Crippen LogP contribution in [0.15, 0.2) is 41.5 Å². The van der Waals surface area contributed by atoms with Crippen LogP contribution in [0, 0.1) is 13.8 Å². The molecule has 0 N–H and O–H groups in total. The molecule has 4 aromatic rings. The minimum Gasteiger partial charge on any atom is -0.444 e. The number of likely N-dealkylation sites (tertiary alicyclic amines) is 1. The highest BCUT2D eigenvalue weighted by molar-refractivity contribution is 5.85. The van der Waals surface area contributed by atoms with Crippen LogP contribution in [0.3, 0.4) is 0 Å². The first kappa shape index (κ1) is 23.6. The van der Waals surface area contributed by atoms with Crippen molar-refractivity contribution in [1.82, 2.24) is 29.3 Å². The molecule has 1 saturated carbocycles. The number of hydrogen-bond acceptors (Lipinski definition) is 6. The maximum Gasteiger partial charge on any atom is 0.410 e. The quantitative estimate of drug-likeness (QED) is 0.391. The highest BCUT2D eigenvalue weighted by Gasteiger charge is 2.55. The number of aryl methyl sites for hydroxylation is 2. The number of imidazole rings is 1. The molecule has 3 aromatic heterocycles. The summed E-state index contributed by atoms with van der Waals surface area (Å²) in [6.07, 6.45) is 6.67. The molecule has 192 valence electrons. The first-order valence-corrected chi connectivity index (χ1v) is 12.9. The van der Waals surface area contributed by atoms with Gasteiger partial charge in [-0.15, -0.1) is 0 Å². The molecule has 2 aliphatic rings. The van der Waals surface area contributed by atoms with Crippen molar-refractivity contribution in [1.29, 1.82) is 0 Å². The van der Waals surface area contributed by atoms with Gasteiger partial charge >= 0.3 is 6.09 Å². The normalized spacial score (nSPS) is 19.1. The number of ether oxygens (including phenoxy) is 1. The predicted octanol–water partition coefficient (Wildman–Crippen LogP) is 4.83. The molecule has 1 saturated heterocycles. The van der Waals surface area contributed by atoms with Crippen LogP contribution >= 0.6 is 0 Å². The minimum absolute atomic E-state index is 0.0473. The second-order valence-electron chi connectivity index (χ2n) is 11.6. The molecule has 1 aliphatic heterocycles. The van der Waals surface area contributed by atoms with E-state index in [0.717, 1.165) is 52.8 Å². The topological polar surface area (TPSA) is 94.6 Å². The first-order chi connectivity index (χ1) is 17.5. The molecular weight excluding hydrogens is 468 g/mol. The molecule has 2 fully saturated rings.